The number of aromatic nitrogens is 2. The Balaban J connectivity index is 1.48. The lowest BCUT2D eigenvalue weighted by molar-refractivity contribution is -0.120. The highest BCUT2D eigenvalue weighted by Gasteiger charge is 2.34. The molecule has 0 spiro atoms. The first-order valence-electron chi connectivity index (χ1n) is 10.2. The molecule has 1 fully saturated rings. The number of piperidine rings is 1. The molecule has 1 saturated heterocycles. The van der Waals surface area contributed by atoms with E-state index in [0.717, 1.165) is 11.3 Å². The highest BCUT2D eigenvalue weighted by molar-refractivity contribution is 7.91. The van der Waals surface area contributed by atoms with E-state index < -0.39 is 15.9 Å². The lowest BCUT2D eigenvalue weighted by Gasteiger charge is -2.30. The van der Waals surface area contributed by atoms with Gasteiger partial charge in [-0.15, -0.1) is 11.3 Å². The molecule has 0 unspecified atom stereocenters. The minimum absolute atomic E-state index is 0.101. The Morgan fingerprint density at radius 1 is 1.21 bits per heavy atom. The molecular formula is C21H24N4O6S2. The minimum atomic E-state index is -3.76. The summed E-state index contributed by atoms with van der Waals surface area (Å²) in [6.07, 6.45) is 1.18. The van der Waals surface area contributed by atoms with Gasteiger partial charge in [0, 0.05) is 54.8 Å². The number of nitrogens with one attached hydrogen (secondary N) is 1. The average molecular weight is 493 g/mol. The smallest absolute Gasteiger partial charge is 0.252 e. The van der Waals surface area contributed by atoms with Gasteiger partial charge in [-0.2, -0.15) is 9.29 Å². The molecule has 2 aromatic heterocycles. The Morgan fingerprint density at radius 2 is 1.94 bits per heavy atom. The Labute approximate surface area is 195 Å². The van der Waals surface area contributed by atoms with Crippen LogP contribution < -0.4 is 14.8 Å². The second-order valence-corrected chi connectivity index (χ2v) is 10.7. The summed E-state index contributed by atoms with van der Waals surface area (Å²) >= 11 is 1.10. The molecule has 4 rings (SSSR count). The van der Waals surface area contributed by atoms with Crippen molar-refractivity contribution in [2.75, 3.05) is 32.6 Å². The molecule has 1 N–H and O–H groups in total. The number of hydrogen-bond donors (Lipinski definition) is 1. The summed E-state index contributed by atoms with van der Waals surface area (Å²) in [5.74, 6) is 1.10. The number of carbonyl (C=O) groups excluding carboxylic acids is 1. The van der Waals surface area contributed by atoms with E-state index in [0.29, 0.717) is 53.9 Å². The number of benzene rings is 1. The van der Waals surface area contributed by atoms with Gasteiger partial charge in [-0.25, -0.2) is 8.42 Å². The predicted molar refractivity (Wildman–Crippen MR) is 122 cm³/mol. The highest BCUT2D eigenvalue weighted by atomic mass is 32.2. The molecule has 12 heteroatoms. The zero-order chi connectivity index (χ0) is 23.6. The molecule has 0 radical (unpaired) electrons. The predicted octanol–water partition coefficient (Wildman–Crippen LogP) is 3.16. The number of anilines is 1. The average Bonchev–Trinajstić information content (AvgIpc) is 3.48. The second-order valence-electron chi connectivity index (χ2n) is 7.58. The van der Waals surface area contributed by atoms with Crippen LogP contribution in [0.25, 0.3) is 11.4 Å². The van der Waals surface area contributed by atoms with Crippen molar-refractivity contribution in [3.05, 3.63) is 35.5 Å². The Bertz CT molecular complexity index is 1230. The molecule has 10 nitrogen and oxygen atoms in total. The number of ether oxygens (including phenoxy) is 2. The van der Waals surface area contributed by atoms with Gasteiger partial charge in [-0.1, -0.05) is 5.16 Å². The van der Waals surface area contributed by atoms with Crippen molar-refractivity contribution in [1.82, 2.24) is 14.4 Å². The molecule has 33 heavy (non-hydrogen) atoms. The molecule has 0 aliphatic carbocycles. The van der Waals surface area contributed by atoms with Crippen LogP contribution in [-0.2, 0) is 14.8 Å². The first kappa shape index (κ1) is 23.2. The van der Waals surface area contributed by atoms with Crippen LogP contribution >= 0.6 is 11.3 Å². The van der Waals surface area contributed by atoms with E-state index in [1.54, 1.807) is 30.5 Å². The first-order chi connectivity index (χ1) is 15.8. The van der Waals surface area contributed by atoms with Crippen LogP contribution in [0.15, 0.2) is 38.4 Å². The second kappa shape index (κ2) is 9.49. The fourth-order valence-electron chi connectivity index (χ4n) is 3.61. The Morgan fingerprint density at radius 3 is 2.58 bits per heavy atom. The largest absolute Gasteiger partial charge is 0.497 e. The van der Waals surface area contributed by atoms with Crippen molar-refractivity contribution in [3.8, 4) is 22.9 Å². The zero-order valence-electron chi connectivity index (χ0n) is 18.4. The summed E-state index contributed by atoms with van der Waals surface area (Å²) in [5.41, 5.74) is 1.10. The van der Waals surface area contributed by atoms with Crippen molar-refractivity contribution in [2.24, 2.45) is 5.92 Å². The standard InChI is InChI=1S/C21H24N4O6S2/c1-13-22-20(24-31-13)15-7-19(32-12-15)33(27,28)25-6-4-5-14(11-25)21(26)23-16-8-17(29-2)10-18(9-16)30-3/h7-10,12,14H,4-6,11H2,1-3H3,(H,23,26)/t14-/m0/s1. The minimum Gasteiger partial charge on any atom is -0.497 e. The SMILES string of the molecule is COc1cc(NC(=O)[C@H]2CCCN(S(=O)(=O)c3cc(-c4noc(C)n4)cs3)C2)cc(OC)c1. The van der Waals surface area contributed by atoms with Crippen LogP contribution in [0.3, 0.4) is 0 Å². The molecule has 176 valence electrons. The van der Waals surface area contributed by atoms with Gasteiger partial charge < -0.3 is 19.3 Å². The summed E-state index contributed by atoms with van der Waals surface area (Å²) < 4.78 is 43.5. The fraction of sp³-hybridized carbons (Fsp3) is 0.381. The number of methoxy groups -OCH3 is 2. The zero-order valence-corrected chi connectivity index (χ0v) is 20.0. The van der Waals surface area contributed by atoms with Gasteiger partial charge in [-0.05, 0) is 18.9 Å². The highest BCUT2D eigenvalue weighted by Crippen LogP contribution is 2.32. The molecule has 0 bridgehead atoms. The number of nitrogens with zero attached hydrogens (tertiary/aromatic N) is 3. The number of amides is 1. The summed E-state index contributed by atoms with van der Waals surface area (Å²) in [7, 11) is -0.702. The molecule has 0 saturated carbocycles. The van der Waals surface area contributed by atoms with Gasteiger partial charge in [0.25, 0.3) is 10.0 Å². The lowest BCUT2D eigenvalue weighted by Crippen LogP contribution is -2.43. The van der Waals surface area contributed by atoms with E-state index in [2.05, 4.69) is 15.5 Å². The fourth-order valence-corrected chi connectivity index (χ4v) is 6.45. The van der Waals surface area contributed by atoms with E-state index in [4.69, 9.17) is 14.0 Å². The number of thiophene rings is 1. The summed E-state index contributed by atoms with van der Waals surface area (Å²) in [5, 5.41) is 8.37. The first-order valence-corrected chi connectivity index (χ1v) is 12.6. The van der Waals surface area contributed by atoms with Crippen molar-refractivity contribution in [3.63, 3.8) is 0 Å². The normalized spacial score (nSPS) is 17.0. The Kier molecular flexibility index (Phi) is 6.68. The summed E-state index contributed by atoms with van der Waals surface area (Å²) in [6, 6.07) is 6.61. The van der Waals surface area contributed by atoms with Gasteiger partial charge in [0.2, 0.25) is 17.6 Å². The molecule has 1 aliphatic rings. The topological polar surface area (TPSA) is 124 Å². The van der Waals surface area contributed by atoms with Gasteiger partial charge in [0.15, 0.2) is 0 Å². The molecule has 1 aliphatic heterocycles. The van der Waals surface area contributed by atoms with E-state index in [-0.39, 0.29) is 16.7 Å². The third kappa shape index (κ3) is 5.02. The van der Waals surface area contributed by atoms with Crippen molar-refractivity contribution in [1.29, 1.82) is 0 Å². The summed E-state index contributed by atoms with van der Waals surface area (Å²) in [4.78, 5) is 17.1. The van der Waals surface area contributed by atoms with E-state index in [1.165, 1.54) is 24.6 Å². The molecule has 1 amide bonds. The third-order valence-electron chi connectivity index (χ3n) is 5.33. The van der Waals surface area contributed by atoms with Crippen molar-refractivity contribution >= 4 is 33.0 Å². The summed E-state index contributed by atoms with van der Waals surface area (Å²) in [6.45, 7) is 2.12. The van der Waals surface area contributed by atoms with E-state index >= 15 is 0 Å². The van der Waals surface area contributed by atoms with Gasteiger partial charge in [0.05, 0.1) is 20.1 Å². The number of carbonyl (C=O) groups is 1. The molecule has 1 aromatic carbocycles. The van der Waals surface area contributed by atoms with Crippen molar-refractivity contribution in [2.45, 2.75) is 24.0 Å². The van der Waals surface area contributed by atoms with Crippen LogP contribution in [0, 0.1) is 12.8 Å². The number of sulfonamides is 1. The van der Waals surface area contributed by atoms with Crippen LogP contribution in [0.1, 0.15) is 18.7 Å². The maximum atomic E-state index is 13.2. The quantitative estimate of drug-likeness (QED) is 0.533. The molecule has 3 heterocycles. The molecule has 1 atom stereocenters. The van der Waals surface area contributed by atoms with Crippen LogP contribution in [0.5, 0.6) is 11.5 Å². The number of hydrogen-bond acceptors (Lipinski definition) is 9. The third-order valence-corrected chi connectivity index (χ3v) is 8.61. The van der Waals surface area contributed by atoms with E-state index in [1.807, 2.05) is 0 Å². The van der Waals surface area contributed by atoms with Gasteiger partial charge >= 0.3 is 0 Å². The van der Waals surface area contributed by atoms with Crippen LogP contribution in [0.2, 0.25) is 0 Å². The monoisotopic (exact) mass is 492 g/mol. The van der Waals surface area contributed by atoms with Gasteiger partial charge in [-0.3, -0.25) is 4.79 Å². The Hall–Kier alpha value is -2.96. The van der Waals surface area contributed by atoms with E-state index in [9.17, 15) is 13.2 Å². The van der Waals surface area contributed by atoms with Crippen LogP contribution in [0.4, 0.5) is 5.69 Å². The molecule has 3 aromatic rings. The molecular weight excluding hydrogens is 468 g/mol. The number of rotatable bonds is 7. The maximum Gasteiger partial charge on any atom is 0.252 e. The van der Waals surface area contributed by atoms with Gasteiger partial charge in [0.1, 0.15) is 15.7 Å². The lowest BCUT2D eigenvalue weighted by atomic mass is 9.98. The maximum absolute atomic E-state index is 13.2. The van der Waals surface area contributed by atoms with Crippen LogP contribution in [-0.4, -0.2) is 56.1 Å². The number of aryl methyl sites for hydroxylation is 1. The van der Waals surface area contributed by atoms with Crippen molar-refractivity contribution < 1.29 is 27.2 Å².